The van der Waals surface area contributed by atoms with Gasteiger partial charge in [0.1, 0.15) is 5.82 Å². The molecular weight excluding hydrogens is 234 g/mol. The Morgan fingerprint density at radius 1 is 1.16 bits per heavy atom. The van der Waals surface area contributed by atoms with Gasteiger partial charge in [-0.2, -0.15) is 0 Å². The van der Waals surface area contributed by atoms with Crippen LogP contribution < -0.4 is 5.32 Å². The zero-order chi connectivity index (χ0) is 13.4. The molecule has 0 saturated heterocycles. The predicted octanol–water partition coefficient (Wildman–Crippen LogP) is 3.01. The molecule has 0 radical (unpaired) electrons. The molecule has 1 N–H and O–H groups in total. The van der Waals surface area contributed by atoms with Crippen LogP contribution in [0.1, 0.15) is 69.7 Å². The number of imidazole rings is 1. The van der Waals surface area contributed by atoms with Crippen LogP contribution in [0.5, 0.6) is 0 Å². The Kier molecular flexibility index (Phi) is 2.16. The highest BCUT2D eigenvalue weighted by Crippen LogP contribution is 2.72. The summed E-state index contributed by atoms with van der Waals surface area (Å²) in [5, 5.41) is 3.47. The maximum Gasteiger partial charge on any atom is 0.112 e. The van der Waals surface area contributed by atoms with E-state index >= 15 is 0 Å². The second-order valence-corrected chi connectivity index (χ2v) is 7.78. The molecule has 3 aliphatic rings. The third kappa shape index (κ3) is 1.45. The van der Waals surface area contributed by atoms with E-state index in [-0.39, 0.29) is 0 Å². The molecule has 2 saturated carbocycles. The van der Waals surface area contributed by atoms with Gasteiger partial charge in [-0.15, -0.1) is 0 Å². The lowest BCUT2D eigenvalue weighted by atomic mass is 10.0. The number of aromatic nitrogens is 2. The summed E-state index contributed by atoms with van der Waals surface area (Å²) < 4.78 is 2.66. The van der Waals surface area contributed by atoms with Gasteiger partial charge in [0.15, 0.2) is 0 Å². The van der Waals surface area contributed by atoms with Gasteiger partial charge in [0, 0.05) is 37.2 Å². The lowest BCUT2D eigenvalue weighted by molar-refractivity contribution is 0.457. The van der Waals surface area contributed by atoms with Crippen LogP contribution in [0.25, 0.3) is 0 Å². The molecule has 0 atom stereocenters. The van der Waals surface area contributed by atoms with Gasteiger partial charge in [0.05, 0.1) is 5.69 Å². The minimum atomic E-state index is 0.399. The summed E-state index contributed by atoms with van der Waals surface area (Å²) in [5.41, 5.74) is 3.65. The van der Waals surface area contributed by atoms with Crippen molar-refractivity contribution in [1.29, 1.82) is 0 Å². The van der Waals surface area contributed by atoms with Crippen LogP contribution in [0.3, 0.4) is 0 Å². The first-order valence-corrected chi connectivity index (χ1v) is 7.75. The van der Waals surface area contributed by atoms with Gasteiger partial charge < -0.3 is 9.88 Å². The Morgan fingerprint density at radius 3 is 2.42 bits per heavy atom. The molecule has 19 heavy (non-hydrogen) atoms. The third-order valence-corrected chi connectivity index (χ3v) is 6.10. The van der Waals surface area contributed by atoms with Crippen molar-refractivity contribution in [2.75, 3.05) is 6.54 Å². The Hall–Kier alpha value is -0.830. The van der Waals surface area contributed by atoms with Gasteiger partial charge in [-0.05, 0) is 23.7 Å². The first kappa shape index (κ1) is 12.0. The van der Waals surface area contributed by atoms with Crippen LogP contribution >= 0.6 is 0 Å². The summed E-state index contributed by atoms with van der Waals surface area (Å²) in [5.74, 6) is 2.15. The van der Waals surface area contributed by atoms with Gasteiger partial charge in [-0.3, -0.25) is 0 Å². The van der Waals surface area contributed by atoms with Crippen molar-refractivity contribution in [3.05, 3.63) is 17.2 Å². The topological polar surface area (TPSA) is 29.9 Å². The summed E-state index contributed by atoms with van der Waals surface area (Å²) >= 11 is 0. The molecule has 0 spiro atoms. The normalized spacial score (nSPS) is 28.2. The quantitative estimate of drug-likeness (QED) is 0.885. The van der Waals surface area contributed by atoms with E-state index < -0.39 is 0 Å². The minimum absolute atomic E-state index is 0.399. The smallest absolute Gasteiger partial charge is 0.112 e. The number of nitrogens with one attached hydrogen (secondary N) is 1. The first-order chi connectivity index (χ1) is 8.94. The van der Waals surface area contributed by atoms with E-state index in [4.69, 9.17) is 4.98 Å². The molecule has 1 aliphatic heterocycles. The second-order valence-electron chi connectivity index (χ2n) is 7.78. The molecule has 0 amide bonds. The van der Waals surface area contributed by atoms with Crippen molar-refractivity contribution < 1.29 is 0 Å². The maximum atomic E-state index is 5.01. The standard InChI is InChI=1S/C16H25N3/c1-15(2)14(16(15,3)4)19-12-7-8-17-9-11(12)18-13(19)10-5-6-10/h10,14,17H,5-9H2,1-4H3. The Balaban J connectivity index is 1.85. The van der Waals surface area contributed by atoms with Crippen LogP contribution in [0.15, 0.2) is 0 Å². The van der Waals surface area contributed by atoms with Crippen molar-refractivity contribution in [3.63, 3.8) is 0 Å². The monoisotopic (exact) mass is 259 g/mol. The predicted molar refractivity (Wildman–Crippen MR) is 76.2 cm³/mol. The number of rotatable bonds is 2. The van der Waals surface area contributed by atoms with Crippen LogP contribution in [-0.4, -0.2) is 16.1 Å². The highest BCUT2D eigenvalue weighted by atomic mass is 15.2. The molecule has 0 aromatic carbocycles. The summed E-state index contributed by atoms with van der Waals surface area (Å²) in [6, 6.07) is 0.643. The molecular formula is C16H25N3. The molecule has 0 unspecified atom stereocenters. The number of hydrogen-bond acceptors (Lipinski definition) is 2. The molecule has 3 nitrogen and oxygen atoms in total. The largest absolute Gasteiger partial charge is 0.327 e. The van der Waals surface area contributed by atoms with E-state index in [0.717, 1.165) is 25.4 Å². The van der Waals surface area contributed by atoms with Gasteiger partial charge in [0.25, 0.3) is 0 Å². The van der Waals surface area contributed by atoms with E-state index in [1.165, 1.54) is 30.1 Å². The van der Waals surface area contributed by atoms with Gasteiger partial charge in [0.2, 0.25) is 0 Å². The van der Waals surface area contributed by atoms with Crippen LogP contribution in [0.4, 0.5) is 0 Å². The van der Waals surface area contributed by atoms with Crippen molar-refractivity contribution in [2.45, 2.75) is 65.5 Å². The van der Waals surface area contributed by atoms with Gasteiger partial charge >= 0.3 is 0 Å². The fraction of sp³-hybridized carbons (Fsp3) is 0.812. The highest BCUT2D eigenvalue weighted by molar-refractivity contribution is 5.30. The number of nitrogens with zero attached hydrogens (tertiary/aromatic N) is 2. The van der Waals surface area contributed by atoms with Crippen molar-refractivity contribution in [3.8, 4) is 0 Å². The maximum absolute atomic E-state index is 5.01. The first-order valence-electron chi connectivity index (χ1n) is 7.75. The van der Waals surface area contributed by atoms with Crippen LogP contribution in [-0.2, 0) is 13.0 Å². The van der Waals surface area contributed by atoms with Crippen LogP contribution in [0, 0.1) is 10.8 Å². The Labute approximate surface area is 115 Å². The number of hydrogen-bond donors (Lipinski definition) is 1. The SMILES string of the molecule is CC1(C)C(n2c(C3CC3)nc3c2CCNC3)C1(C)C. The van der Waals surface area contributed by atoms with E-state index in [1.54, 1.807) is 0 Å². The summed E-state index contributed by atoms with van der Waals surface area (Å²) in [6.45, 7) is 11.7. The molecule has 4 rings (SSSR count). The molecule has 104 valence electrons. The summed E-state index contributed by atoms with van der Waals surface area (Å²) in [6.07, 6.45) is 3.84. The molecule has 1 aromatic heterocycles. The van der Waals surface area contributed by atoms with E-state index in [1.807, 2.05) is 0 Å². The van der Waals surface area contributed by atoms with E-state index in [2.05, 4.69) is 37.6 Å². The van der Waals surface area contributed by atoms with Gasteiger partial charge in [-0.1, -0.05) is 27.7 Å². The number of fused-ring (bicyclic) bond motifs is 1. The lowest BCUT2D eigenvalue weighted by Crippen LogP contribution is -2.25. The summed E-state index contributed by atoms with van der Waals surface area (Å²) in [7, 11) is 0. The summed E-state index contributed by atoms with van der Waals surface area (Å²) in [4.78, 5) is 5.01. The fourth-order valence-electron chi connectivity index (χ4n) is 4.08. The molecule has 2 fully saturated rings. The second kappa shape index (κ2) is 3.43. The van der Waals surface area contributed by atoms with Crippen LogP contribution in [0.2, 0.25) is 0 Å². The minimum Gasteiger partial charge on any atom is -0.327 e. The van der Waals surface area contributed by atoms with Crippen molar-refractivity contribution >= 4 is 0 Å². The highest BCUT2D eigenvalue weighted by Gasteiger charge is 2.67. The zero-order valence-corrected chi connectivity index (χ0v) is 12.6. The molecule has 3 heteroatoms. The fourth-order valence-corrected chi connectivity index (χ4v) is 4.08. The molecule has 0 bridgehead atoms. The molecule has 1 aromatic rings. The van der Waals surface area contributed by atoms with Gasteiger partial charge in [-0.25, -0.2) is 4.98 Å². The van der Waals surface area contributed by atoms with Crippen molar-refractivity contribution in [1.82, 2.24) is 14.9 Å². The van der Waals surface area contributed by atoms with Crippen molar-refractivity contribution in [2.24, 2.45) is 10.8 Å². The third-order valence-electron chi connectivity index (χ3n) is 6.10. The Bertz CT molecular complexity index is 520. The average Bonchev–Trinajstić information content (AvgIpc) is 3.20. The van der Waals surface area contributed by atoms with E-state index in [0.29, 0.717) is 16.9 Å². The average molecular weight is 259 g/mol. The zero-order valence-electron chi connectivity index (χ0n) is 12.6. The lowest BCUT2D eigenvalue weighted by Gasteiger charge is -2.18. The van der Waals surface area contributed by atoms with E-state index in [9.17, 15) is 0 Å². The molecule has 2 heterocycles. The Morgan fingerprint density at radius 2 is 1.84 bits per heavy atom. The molecule has 2 aliphatic carbocycles.